The van der Waals surface area contributed by atoms with E-state index in [1.165, 1.54) is 12.1 Å². The zero-order chi connectivity index (χ0) is 15.6. The maximum atomic E-state index is 13.3. The van der Waals surface area contributed by atoms with Gasteiger partial charge < -0.3 is 5.32 Å². The quantitative estimate of drug-likeness (QED) is 0.828. The average molecular weight is 354 g/mol. The first-order valence-electron chi connectivity index (χ1n) is 6.79. The van der Waals surface area contributed by atoms with Crippen molar-refractivity contribution < 1.29 is 8.78 Å². The zero-order valence-corrected chi connectivity index (χ0v) is 13.9. The predicted octanol–water partition coefficient (Wildman–Crippen LogP) is 4.85. The van der Waals surface area contributed by atoms with Crippen LogP contribution in [0.25, 0.3) is 0 Å². The van der Waals surface area contributed by atoms with Crippen LogP contribution in [0.5, 0.6) is 0 Å². The van der Waals surface area contributed by atoms with Crippen LogP contribution in [-0.2, 0) is 6.42 Å². The number of rotatable bonds is 4. The standard InChI is InChI=1S/C17H18BrF2N/c1-10-4-13(5-11(2)17(10)18)16(21-3)8-12-6-14(19)9-15(20)7-12/h4-7,9,16,21H,8H2,1-3H3. The van der Waals surface area contributed by atoms with Crippen LogP contribution in [0.2, 0.25) is 0 Å². The molecule has 1 atom stereocenters. The highest BCUT2D eigenvalue weighted by Crippen LogP contribution is 2.27. The molecule has 0 amide bonds. The first kappa shape index (κ1) is 16.1. The molecule has 4 heteroatoms. The summed E-state index contributed by atoms with van der Waals surface area (Å²) in [5.41, 5.74) is 4.05. The van der Waals surface area contributed by atoms with Crippen molar-refractivity contribution in [1.82, 2.24) is 5.32 Å². The van der Waals surface area contributed by atoms with Gasteiger partial charge in [-0.3, -0.25) is 0 Å². The van der Waals surface area contributed by atoms with E-state index in [2.05, 4.69) is 33.4 Å². The fourth-order valence-electron chi connectivity index (χ4n) is 2.53. The van der Waals surface area contributed by atoms with Crippen LogP contribution in [0.4, 0.5) is 8.78 Å². The first-order valence-corrected chi connectivity index (χ1v) is 7.59. The molecule has 1 N–H and O–H groups in total. The Hall–Kier alpha value is -1.26. The van der Waals surface area contributed by atoms with Gasteiger partial charge >= 0.3 is 0 Å². The Kier molecular flexibility index (Phi) is 5.12. The van der Waals surface area contributed by atoms with Gasteiger partial charge in [0.1, 0.15) is 11.6 Å². The summed E-state index contributed by atoms with van der Waals surface area (Å²) >= 11 is 3.55. The molecule has 21 heavy (non-hydrogen) atoms. The second-order valence-electron chi connectivity index (χ2n) is 5.29. The van der Waals surface area contributed by atoms with Crippen molar-refractivity contribution in [2.45, 2.75) is 26.3 Å². The van der Waals surface area contributed by atoms with Gasteiger partial charge in [-0.2, -0.15) is 0 Å². The highest BCUT2D eigenvalue weighted by atomic mass is 79.9. The van der Waals surface area contributed by atoms with Gasteiger partial charge in [-0.1, -0.05) is 28.1 Å². The van der Waals surface area contributed by atoms with E-state index < -0.39 is 11.6 Å². The molecule has 2 aromatic carbocycles. The molecule has 1 unspecified atom stereocenters. The minimum atomic E-state index is -0.539. The molecule has 0 aliphatic rings. The summed E-state index contributed by atoms with van der Waals surface area (Å²) < 4.78 is 27.7. The summed E-state index contributed by atoms with van der Waals surface area (Å²) in [4.78, 5) is 0. The number of hydrogen-bond acceptors (Lipinski definition) is 1. The Morgan fingerprint density at radius 2 is 1.52 bits per heavy atom. The Labute approximate surface area is 132 Å². The third kappa shape index (κ3) is 3.89. The highest BCUT2D eigenvalue weighted by Gasteiger charge is 2.14. The molecule has 2 aromatic rings. The molecule has 0 saturated carbocycles. The van der Waals surface area contributed by atoms with Crippen molar-refractivity contribution in [2.24, 2.45) is 0 Å². The summed E-state index contributed by atoms with van der Waals surface area (Å²) in [6, 6.07) is 7.85. The van der Waals surface area contributed by atoms with Gasteiger partial charge in [0.2, 0.25) is 0 Å². The van der Waals surface area contributed by atoms with E-state index in [-0.39, 0.29) is 6.04 Å². The van der Waals surface area contributed by atoms with Crippen molar-refractivity contribution >= 4 is 15.9 Å². The zero-order valence-electron chi connectivity index (χ0n) is 12.3. The Morgan fingerprint density at radius 3 is 2.00 bits per heavy atom. The molecule has 0 aliphatic heterocycles. The van der Waals surface area contributed by atoms with Gasteiger partial charge in [-0.05, 0) is 61.7 Å². The molecule has 0 saturated heterocycles. The molecule has 0 heterocycles. The molecule has 0 aliphatic carbocycles. The van der Waals surface area contributed by atoms with E-state index in [9.17, 15) is 8.78 Å². The third-order valence-corrected chi connectivity index (χ3v) is 4.82. The minimum absolute atomic E-state index is 0.0108. The lowest BCUT2D eigenvalue weighted by Crippen LogP contribution is -2.19. The topological polar surface area (TPSA) is 12.0 Å². The minimum Gasteiger partial charge on any atom is -0.313 e. The van der Waals surface area contributed by atoms with Gasteiger partial charge in [0, 0.05) is 16.6 Å². The van der Waals surface area contributed by atoms with E-state index in [4.69, 9.17) is 0 Å². The number of aryl methyl sites for hydroxylation is 2. The average Bonchev–Trinajstić information content (AvgIpc) is 2.40. The SMILES string of the molecule is CNC(Cc1cc(F)cc(F)c1)c1cc(C)c(Br)c(C)c1. The number of hydrogen-bond donors (Lipinski definition) is 1. The molecular weight excluding hydrogens is 336 g/mol. The van der Waals surface area contributed by atoms with Crippen molar-refractivity contribution in [3.8, 4) is 0 Å². The Balaban J connectivity index is 2.31. The van der Waals surface area contributed by atoms with Crippen LogP contribution in [0.15, 0.2) is 34.8 Å². The molecule has 2 rings (SSSR count). The van der Waals surface area contributed by atoms with Crippen LogP contribution in [0.1, 0.15) is 28.3 Å². The van der Waals surface area contributed by atoms with Gasteiger partial charge in [-0.25, -0.2) is 8.78 Å². The summed E-state index contributed by atoms with van der Waals surface area (Å²) in [6.45, 7) is 4.07. The van der Waals surface area contributed by atoms with Crippen LogP contribution in [0, 0.1) is 25.5 Å². The predicted molar refractivity (Wildman–Crippen MR) is 85.5 cm³/mol. The monoisotopic (exact) mass is 353 g/mol. The molecule has 0 radical (unpaired) electrons. The molecule has 0 spiro atoms. The van der Waals surface area contributed by atoms with E-state index in [1.807, 2.05) is 20.9 Å². The molecule has 0 fully saturated rings. The smallest absolute Gasteiger partial charge is 0.126 e. The van der Waals surface area contributed by atoms with Crippen LogP contribution in [-0.4, -0.2) is 7.05 Å². The van der Waals surface area contributed by atoms with Gasteiger partial charge in [0.15, 0.2) is 0 Å². The molecule has 0 bridgehead atoms. The van der Waals surface area contributed by atoms with Crippen LogP contribution in [0.3, 0.4) is 0 Å². The van der Waals surface area contributed by atoms with Gasteiger partial charge in [0.25, 0.3) is 0 Å². The first-order chi connectivity index (χ1) is 9.90. The van der Waals surface area contributed by atoms with Crippen molar-refractivity contribution in [3.05, 3.63) is 68.7 Å². The fourth-order valence-corrected chi connectivity index (χ4v) is 2.76. The summed E-state index contributed by atoms with van der Waals surface area (Å²) in [5.74, 6) is -1.08. The highest BCUT2D eigenvalue weighted by molar-refractivity contribution is 9.10. The molecule has 112 valence electrons. The lowest BCUT2D eigenvalue weighted by molar-refractivity contribution is 0.561. The van der Waals surface area contributed by atoms with E-state index >= 15 is 0 Å². The molecule has 0 aromatic heterocycles. The Bertz CT molecular complexity index is 612. The third-order valence-electron chi connectivity index (χ3n) is 3.57. The largest absolute Gasteiger partial charge is 0.313 e. The van der Waals surface area contributed by atoms with Crippen molar-refractivity contribution in [2.75, 3.05) is 7.05 Å². The lowest BCUT2D eigenvalue weighted by Gasteiger charge is -2.19. The normalized spacial score (nSPS) is 12.5. The van der Waals surface area contributed by atoms with Crippen LogP contribution >= 0.6 is 15.9 Å². The Morgan fingerprint density at radius 1 is 1.00 bits per heavy atom. The second-order valence-corrected chi connectivity index (χ2v) is 6.08. The van der Waals surface area contributed by atoms with E-state index in [0.29, 0.717) is 12.0 Å². The number of likely N-dealkylation sites (N-methyl/N-ethyl adjacent to an activating group) is 1. The van der Waals surface area contributed by atoms with E-state index in [0.717, 1.165) is 27.2 Å². The number of nitrogens with one attached hydrogen (secondary N) is 1. The molecular formula is C17H18BrF2N. The van der Waals surface area contributed by atoms with E-state index in [1.54, 1.807) is 0 Å². The lowest BCUT2D eigenvalue weighted by atomic mass is 9.96. The number of halogens is 3. The van der Waals surface area contributed by atoms with Gasteiger partial charge in [0.05, 0.1) is 0 Å². The summed E-state index contributed by atoms with van der Waals surface area (Å²) in [6.07, 6.45) is 0.533. The van der Waals surface area contributed by atoms with Crippen molar-refractivity contribution in [3.63, 3.8) is 0 Å². The summed E-state index contributed by atoms with van der Waals surface area (Å²) in [7, 11) is 1.85. The number of benzene rings is 2. The van der Waals surface area contributed by atoms with Gasteiger partial charge in [-0.15, -0.1) is 0 Å². The molecule has 1 nitrogen and oxygen atoms in total. The van der Waals surface area contributed by atoms with Crippen LogP contribution < -0.4 is 5.32 Å². The fraction of sp³-hybridized carbons (Fsp3) is 0.294. The maximum Gasteiger partial charge on any atom is 0.126 e. The maximum absolute atomic E-state index is 13.3. The summed E-state index contributed by atoms with van der Waals surface area (Å²) in [5, 5.41) is 3.22. The second kappa shape index (κ2) is 6.67. The van der Waals surface area contributed by atoms with Crippen molar-refractivity contribution in [1.29, 1.82) is 0 Å².